The van der Waals surface area contributed by atoms with Crippen molar-refractivity contribution in [2.75, 3.05) is 26.4 Å². The van der Waals surface area contributed by atoms with Crippen LogP contribution in [0.5, 0.6) is 0 Å². The maximum atomic E-state index is 13.3. The van der Waals surface area contributed by atoms with Crippen LogP contribution in [0.15, 0.2) is 146 Å². The molecule has 0 radical (unpaired) electrons. The van der Waals surface area contributed by atoms with Gasteiger partial charge in [0.25, 0.3) is 0 Å². The Kier molecular flexibility index (Phi) is 47.1. The molecular formula is C73H117NO18. The number of allylic oxidation sites excluding steroid dienone is 23. The molecule has 3 aliphatic rings. The fourth-order valence-electron chi connectivity index (χ4n) is 10.4. The molecule has 0 aromatic heterocycles. The van der Waals surface area contributed by atoms with Gasteiger partial charge in [-0.2, -0.15) is 0 Å². The first kappa shape index (κ1) is 81.9. The van der Waals surface area contributed by atoms with Gasteiger partial charge < -0.3 is 89.9 Å². The molecule has 0 aromatic rings. The van der Waals surface area contributed by atoms with Gasteiger partial charge in [0.2, 0.25) is 5.91 Å². The second-order valence-electron chi connectivity index (χ2n) is 23.5. The van der Waals surface area contributed by atoms with Crippen LogP contribution >= 0.6 is 0 Å². The van der Waals surface area contributed by atoms with Gasteiger partial charge in [-0.15, -0.1) is 0 Å². The van der Waals surface area contributed by atoms with E-state index in [4.69, 9.17) is 28.4 Å². The first-order valence-corrected chi connectivity index (χ1v) is 34.1. The van der Waals surface area contributed by atoms with Crippen molar-refractivity contribution >= 4 is 5.91 Å². The Balaban J connectivity index is 1.34. The van der Waals surface area contributed by atoms with Crippen molar-refractivity contribution in [3.63, 3.8) is 0 Å². The summed E-state index contributed by atoms with van der Waals surface area (Å²) in [6.07, 6.45) is 48.6. The van der Waals surface area contributed by atoms with Crippen molar-refractivity contribution in [3.8, 4) is 0 Å². The van der Waals surface area contributed by atoms with E-state index in [1.54, 1.807) is 6.08 Å². The van der Waals surface area contributed by atoms with Gasteiger partial charge in [0.15, 0.2) is 18.9 Å². The van der Waals surface area contributed by atoms with Gasteiger partial charge in [-0.1, -0.05) is 205 Å². The maximum Gasteiger partial charge on any atom is 0.220 e. The lowest BCUT2D eigenvalue weighted by atomic mass is 9.96. The summed E-state index contributed by atoms with van der Waals surface area (Å²) in [7, 11) is 0. The number of carbonyl (C=O) groups is 1. The fourth-order valence-corrected chi connectivity index (χ4v) is 10.4. The van der Waals surface area contributed by atoms with E-state index in [0.29, 0.717) is 12.8 Å². The van der Waals surface area contributed by atoms with E-state index in [0.717, 1.165) is 116 Å². The Morgan fingerprint density at radius 1 is 0.391 bits per heavy atom. The number of unbranched alkanes of at least 4 members (excludes halogenated alkanes) is 11. The van der Waals surface area contributed by atoms with Crippen LogP contribution < -0.4 is 5.32 Å². The number of amides is 1. The van der Waals surface area contributed by atoms with E-state index in [-0.39, 0.29) is 18.9 Å². The molecule has 17 unspecified atom stereocenters. The Hall–Kier alpha value is -4.33. The van der Waals surface area contributed by atoms with Gasteiger partial charge >= 0.3 is 0 Å². The molecule has 3 rings (SSSR count). The third-order valence-electron chi connectivity index (χ3n) is 15.9. The molecule has 19 nitrogen and oxygen atoms in total. The summed E-state index contributed by atoms with van der Waals surface area (Å²) in [5.74, 6) is -0.307. The van der Waals surface area contributed by atoms with E-state index < -0.39 is 124 Å². The number of hydrogen-bond acceptors (Lipinski definition) is 18. The topological polar surface area (TPSA) is 307 Å². The smallest absolute Gasteiger partial charge is 0.220 e. The number of rotatable bonds is 49. The molecule has 12 N–H and O–H groups in total. The third kappa shape index (κ3) is 34.4. The van der Waals surface area contributed by atoms with E-state index in [1.807, 2.05) is 6.08 Å². The molecule has 0 aliphatic carbocycles. The molecule has 92 heavy (non-hydrogen) atoms. The average Bonchev–Trinajstić information content (AvgIpc) is 0.799. The second kappa shape index (κ2) is 52.9. The molecule has 19 heteroatoms. The molecule has 3 heterocycles. The zero-order chi connectivity index (χ0) is 66.8. The Morgan fingerprint density at radius 2 is 0.728 bits per heavy atom. The highest BCUT2D eigenvalue weighted by Gasteiger charge is 2.53. The Bertz CT molecular complexity index is 2240. The van der Waals surface area contributed by atoms with Crippen molar-refractivity contribution in [2.45, 2.75) is 279 Å². The van der Waals surface area contributed by atoms with E-state index in [2.05, 4.69) is 153 Å². The quantitative estimate of drug-likeness (QED) is 0.0200. The van der Waals surface area contributed by atoms with E-state index >= 15 is 0 Å². The summed E-state index contributed by atoms with van der Waals surface area (Å²) in [5.41, 5.74) is 0. The number of carbonyl (C=O) groups excluding carboxylic acids is 1. The first-order chi connectivity index (χ1) is 44.8. The molecule has 522 valence electrons. The molecule has 3 fully saturated rings. The van der Waals surface area contributed by atoms with E-state index in [1.165, 1.54) is 25.7 Å². The van der Waals surface area contributed by atoms with Crippen LogP contribution in [0.4, 0.5) is 0 Å². The van der Waals surface area contributed by atoms with Gasteiger partial charge in [0.1, 0.15) is 73.2 Å². The highest BCUT2D eigenvalue weighted by molar-refractivity contribution is 5.76. The van der Waals surface area contributed by atoms with Crippen molar-refractivity contribution in [1.82, 2.24) is 5.32 Å². The minimum atomic E-state index is -1.99. The van der Waals surface area contributed by atoms with Gasteiger partial charge in [0, 0.05) is 6.42 Å². The number of aliphatic hydroxyl groups is 11. The summed E-state index contributed by atoms with van der Waals surface area (Å²) in [5, 5.41) is 120. The maximum absolute atomic E-state index is 13.3. The molecule has 3 aliphatic heterocycles. The minimum absolute atomic E-state index is 0.214. The summed E-state index contributed by atoms with van der Waals surface area (Å²) >= 11 is 0. The van der Waals surface area contributed by atoms with Crippen LogP contribution in [0.1, 0.15) is 174 Å². The van der Waals surface area contributed by atoms with Crippen LogP contribution in [0.3, 0.4) is 0 Å². The molecule has 0 aromatic carbocycles. The molecule has 0 spiro atoms. The van der Waals surface area contributed by atoms with Crippen LogP contribution in [0.25, 0.3) is 0 Å². The highest BCUT2D eigenvalue weighted by atomic mass is 16.8. The molecular weight excluding hydrogens is 1180 g/mol. The lowest BCUT2D eigenvalue weighted by Gasteiger charge is -2.48. The largest absolute Gasteiger partial charge is 0.394 e. The summed E-state index contributed by atoms with van der Waals surface area (Å²) < 4.78 is 34.2. The lowest BCUT2D eigenvalue weighted by Crippen LogP contribution is -2.66. The first-order valence-electron chi connectivity index (χ1n) is 34.1. The van der Waals surface area contributed by atoms with Crippen molar-refractivity contribution < 1.29 is 89.4 Å². The van der Waals surface area contributed by atoms with Crippen molar-refractivity contribution in [2.24, 2.45) is 0 Å². The fraction of sp³-hybridized carbons (Fsp3) is 0.658. The summed E-state index contributed by atoms with van der Waals surface area (Å²) in [4.78, 5) is 13.3. The zero-order valence-corrected chi connectivity index (χ0v) is 55.0. The normalized spacial score (nSPS) is 28.6. The summed E-state index contributed by atoms with van der Waals surface area (Å²) in [6, 6.07) is -1.01. The second-order valence-corrected chi connectivity index (χ2v) is 23.5. The predicted octanol–water partition coefficient (Wildman–Crippen LogP) is 8.76. The Morgan fingerprint density at radius 3 is 1.17 bits per heavy atom. The highest BCUT2D eigenvalue weighted by Crippen LogP contribution is 2.33. The number of aliphatic hydroxyl groups excluding tert-OH is 11. The average molecular weight is 1300 g/mol. The van der Waals surface area contributed by atoms with Crippen LogP contribution in [-0.2, 0) is 33.2 Å². The van der Waals surface area contributed by atoms with Crippen molar-refractivity contribution in [1.29, 1.82) is 0 Å². The molecule has 0 saturated carbocycles. The monoisotopic (exact) mass is 1300 g/mol. The molecule has 17 atom stereocenters. The van der Waals surface area contributed by atoms with Gasteiger partial charge in [-0.25, -0.2) is 0 Å². The van der Waals surface area contributed by atoms with Gasteiger partial charge in [0.05, 0.1) is 38.6 Å². The molecule has 1 amide bonds. The number of nitrogens with one attached hydrogen (secondary N) is 1. The van der Waals surface area contributed by atoms with Crippen LogP contribution in [0.2, 0.25) is 0 Å². The third-order valence-corrected chi connectivity index (χ3v) is 15.9. The predicted molar refractivity (Wildman–Crippen MR) is 359 cm³/mol. The van der Waals surface area contributed by atoms with Gasteiger partial charge in [-0.05, 0) is 109 Å². The molecule has 3 saturated heterocycles. The Labute approximate surface area is 549 Å². The van der Waals surface area contributed by atoms with Crippen molar-refractivity contribution in [3.05, 3.63) is 146 Å². The SMILES string of the molecule is CC/C=C\C/C=C\C/C=C\C/C=C\C/C=C\C/C=C\C/C=C\C/C=C\C/C=C\CCCCCCCCCCCC(=O)NC(COC1OC(CO)C(OC2OC(CO)C(OC3OC(CO)C(O)C(O)C3O)C(O)C2O)C(O)C1O)C(O)/C=C/CC/C=C/CC/C=C/CC. The number of hydrogen-bond donors (Lipinski definition) is 12. The summed E-state index contributed by atoms with van der Waals surface area (Å²) in [6.45, 7) is 1.41. The van der Waals surface area contributed by atoms with Crippen LogP contribution in [0, 0.1) is 0 Å². The van der Waals surface area contributed by atoms with Crippen LogP contribution in [-0.4, -0.2) is 193 Å². The molecule has 0 bridgehead atoms. The standard InChI is InChI=1S/C73H117NO18/c1-3-5-7-9-11-13-15-16-17-18-19-20-21-22-23-24-25-26-27-28-29-30-31-32-33-34-35-36-37-38-39-40-41-43-45-47-49-51-61(79)74-56(57(78)50-48-46-44-42-14-12-10-8-6-4-2)55-87-71-67(85)64(82)69(59(53-76)89-71)92-73-68(86)65(83)70(60(54-77)90-73)91-72-66(84)63(81)62(80)58(52-75)88-72/h5-8,11,13-14,16-17,19-20,22-23,25-26,28-29,31-32,34-35,42,48,50,56-60,62-73,75-78,80-86H,3-4,9-10,12,15,18,21,24,27,30,33,36-41,43-47,49,51-55H2,1-2H3,(H,74,79)/b7-5-,8-6+,13-11-,17-16-,20-19-,23-22-,26-25-,29-28-,32-31-,35-34-,42-14+,50-48+. The zero-order valence-electron chi connectivity index (χ0n) is 55.0. The lowest BCUT2D eigenvalue weighted by molar-refractivity contribution is -0.379. The minimum Gasteiger partial charge on any atom is -0.394 e. The number of ether oxygens (including phenoxy) is 6. The van der Waals surface area contributed by atoms with Gasteiger partial charge in [-0.3, -0.25) is 4.79 Å². The van der Waals surface area contributed by atoms with E-state index in [9.17, 15) is 61.0 Å².